The minimum atomic E-state index is -0.423. The number of rotatable bonds is 8. The second kappa shape index (κ2) is 13.1. The van der Waals surface area contributed by atoms with E-state index in [0.717, 1.165) is 5.56 Å². The van der Waals surface area contributed by atoms with E-state index in [2.05, 4.69) is 21.2 Å². The summed E-state index contributed by atoms with van der Waals surface area (Å²) in [6.07, 6.45) is 0. The number of nitrogens with zero attached hydrogens (tertiary/aromatic N) is 1. The average molecular weight is 610 g/mol. The molecule has 0 fully saturated rings. The highest BCUT2D eigenvalue weighted by Crippen LogP contribution is 2.27. The Kier molecular flexibility index (Phi) is 10.1. The van der Waals surface area contributed by atoms with Crippen molar-refractivity contribution in [2.75, 3.05) is 18.1 Å². The molecule has 3 aromatic rings. The summed E-state index contributed by atoms with van der Waals surface area (Å²) in [5.41, 5.74) is 2.19. The Balaban J connectivity index is 1.88. The van der Waals surface area contributed by atoms with Gasteiger partial charge >= 0.3 is 5.97 Å². The molecular weight excluding hydrogens is 587 g/mol. The molecule has 0 spiro atoms. The maximum atomic E-state index is 13.0. The minimum Gasteiger partial charge on any atom is -0.493 e. The van der Waals surface area contributed by atoms with Gasteiger partial charge in [0.15, 0.2) is 5.11 Å². The third-order valence-electron chi connectivity index (χ3n) is 4.99. The fourth-order valence-electron chi connectivity index (χ4n) is 3.24. The van der Waals surface area contributed by atoms with Gasteiger partial charge in [0.2, 0.25) is 0 Å². The first-order chi connectivity index (χ1) is 17.2. The van der Waals surface area contributed by atoms with E-state index in [0.29, 0.717) is 43.7 Å². The molecule has 0 bridgehead atoms. The highest BCUT2D eigenvalue weighted by Gasteiger charge is 2.19. The summed E-state index contributed by atoms with van der Waals surface area (Å²) in [5, 5.41) is 3.90. The fraction of sp³-hybridized carbons (Fsp3) is 0.192. The number of nitrogens with one attached hydrogen (secondary N) is 1. The monoisotopic (exact) mass is 608 g/mol. The molecule has 3 rings (SSSR count). The van der Waals surface area contributed by atoms with Crippen LogP contribution in [-0.4, -0.2) is 30.2 Å². The minimum absolute atomic E-state index is 0.153. The molecule has 0 heterocycles. The van der Waals surface area contributed by atoms with E-state index in [4.69, 9.17) is 44.9 Å². The lowest BCUT2D eigenvalue weighted by molar-refractivity contribution is 0.0526. The maximum Gasteiger partial charge on any atom is 0.338 e. The van der Waals surface area contributed by atoms with E-state index in [1.807, 2.05) is 6.92 Å². The molecule has 0 saturated heterocycles. The zero-order valence-electron chi connectivity index (χ0n) is 19.5. The third kappa shape index (κ3) is 7.20. The van der Waals surface area contributed by atoms with Gasteiger partial charge in [-0.2, -0.15) is 0 Å². The summed E-state index contributed by atoms with van der Waals surface area (Å²) in [6, 6.07) is 16.9. The van der Waals surface area contributed by atoms with Crippen molar-refractivity contribution in [3.63, 3.8) is 0 Å². The van der Waals surface area contributed by atoms with Gasteiger partial charge in [0.25, 0.3) is 5.91 Å². The molecule has 10 heteroatoms. The number of carbonyl (C=O) groups excluding carboxylic acids is 2. The van der Waals surface area contributed by atoms with Crippen molar-refractivity contribution < 1.29 is 19.1 Å². The van der Waals surface area contributed by atoms with E-state index < -0.39 is 5.97 Å². The smallest absolute Gasteiger partial charge is 0.338 e. The molecule has 0 unspecified atom stereocenters. The number of anilines is 1. The van der Waals surface area contributed by atoms with Crippen molar-refractivity contribution in [3.05, 3.63) is 91.9 Å². The molecule has 188 valence electrons. The van der Waals surface area contributed by atoms with E-state index in [9.17, 15) is 9.59 Å². The first-order valence-corrected chi connectivity index (χ1v) is 13.0. The predicted octanol–water partition coefficient (Wildman–Crippen LogP) is 7.05. The van der Waals surface area contributed by atoms with Crippen LogP contribution in [0.3, 0.4) is 0 Å². The summed E-state index contributed by atoms with van der Waals surface area (Å²) < 4.78 is 11.2. The number of hydrogen-bond acceptors (Lipinski definition) is 5. The number of ether oxygens (including phenoxy) is 2. The third-order valence-corrected chi connectivity index (χ3v) is 6.52. The Morgan fingerprint density at radius 1 is 0.972 bits per heavy atom. The molecule has 0 aliphatic rings. The van der Waals surface area contributed by atoms with Crippen LogP contribution in [0, 0.1) is 0 Å². The molecule has 3 aromatic carbocycles. The summed E-state index contributed by atoms with van der Waals surface area (Å²) in [6.45, 7) is 4.66. The van der Waals surface area contributed by atoms with E-state index >= 15 is 0 Å². The summed E-state index contributed by atoms with van der Waals surface area (Å²) in [5.74, 6) is -0.176. The summed E-state index contributed by atoms with van der Waals surface area (Å²) in [7, 11) is 0. The molecule has 0 radical (unpaired) electrons. The standard InChI is InChI=1S/C26H23BrCl2N2O4S/c1-3-34-23-12-8-17(13-21(23)27)24(32)30-26(36)31(15-18-5-9-19(28)14-22(18)29)20-10-6-16(7-11-20)25(33)35-4-2/h5-14H,3-4,15H2,1-2H3,(H,30,32,36). The first-order valence-electron chi connectivity index (χ1n) is 11.0. The zero-order valence-corrected chi connectivity index (χ0v) is 23.4. The van der Waals surface area contributed by atoms with Gasteiger partial charge in [-0.3, -0.25) is 10.1 Å². The number of carbonyl (C=O) groups is 2. The van der Waals surface area contributed by atoms with E-state index in [1.54, 1.807) is 72.5 Å². The topological polar surface area (TPSA) is 67.9 Å². The van der Waals surface area contributed by atoms with Crippen LogP contribution in [0.25, 0.3) is 0 Å². The Morgan fingerprint density at radius 2 is 1.67 bits per heavy atom. The van der Waals surface area contributed by atoms with Gasteiger partial charge in [0.1, 0.15) is 5.75 Å². The van der Waals surface area contributed by atoms with Crippen molar-refractivity contribution in [1.82, 2.24) is 5.32 Å². The van der Waals surface area contributed by atoms with Crippen molar-refractivity contribution in [3.8, 4) is 5.75 Å². The normalized spacial score (nSPS) is 10.5. The lowest BCUT2D eigenvalue weighted by Gasteiger charge is -2.26. The number of thiocarbonyl (C=S) groups is 1. The Labute approximate surface area is 233 Å². The second-order valence-corrected chi connectivity index (χ2v) is 9.51. The lowest BCUT2D eigenvalue weighted by atomic mass is 10.1. The van der Waals surface area contributed by atoms with Gasteiger partial charge in [-0.1, -0.05) is 29.3 Å². The van der Waals surface area contributed by atoms with Crippen LogP contribution >= 0.6 is 51.3 Å². The number of benzene rings is 3. The molecular formula is C26H23BrCl2N2O4S. The molecule has 6 nitrogen and oxygen atoms in total. The van der Waals surface area contributed by atoms with Gasteiger partial charge < -0.3 is 14.4 Å². The van der Waals surface area contributed by atoms with Crippen molar-refractivity contribution in [2.45, 2.75) is 20.4 Å². The molecule has 36 heavy (non-hydrogen) atoms. The first kappa shape index (κ1) is 27.9. The summed E-state index contributed by atoms with van der Waals surface area (Å²) in [4.78, 5) is 26.8. The van der Waals surface area contributed by atoms with Crippen LogP contribution in [0.2, 0.25) is 10.0 Å². The van der Waals surface area contributed by atoms with Gasteiger partial charge in [-0.15, -0.1) is 0 Å². The van der Waals surface area contributed by atoms with Gasteiger partial charge in [0, 0.05) is 21.3 Å². The van der Waals surface area contributed by atoms with Crippen molar-refractivity contribution >= 4 is 74.0 Å². The summed E-state index contributed by atoms with van der Waals surface area (Å²) >= 11 is 21.5. The van der Waals surface area contributed by atoms with Crippen LogP contribution < -0.4 is 15.0 Å². The van der Waals surface area contributed by atoms with Crippen LogP contribution in [0.1, 0.15) is 40.1 Å². The maximum absolute atomic E-state index is 13.0. The zero-order chi connectivity index (χ0) is 26.2. The van der Waals surface area contributed by atoms with Crippen LogP contribution in [0.15, 0.2) is 65.1 Å². The average Bonchev–Trinajstić information content (AvgIpc) is 2.85. The molecule has 0 saturated carbocycles. The second-order valence-electron chi connectivity index (χ2n) is 7.43. The number of amides is 1. The van der Waals surface area contributed by atoms with Crippen molar-refractivity contribution in [2.24, 2.45) is 0 Å². The Morgan fingerprint density at radius 3 is 2.28 bits per heavy atom. The quantitative estimate of drug-likeness (QED) is 0.218. The van der Waals surface area contributed by atoms with Crippen molar-refractivity contribution in [1.29, 1.82) is 0 Å². The lowest BCUT2D eigenvalue weighted by Crippen LogP contribution is -2.42. The van der Waals surface area contributed by atoms with Gasteiger partial charge in [0.05, 0.1) is 29.8 Å². The number of halogens is 3. The van der Waals surface area contributed by atoms with E-state index in [-0.39, 0.29) is 24.2 Å². The number of esters is 1. The highest BCUT2D eigenvalue weighted by molar-refractivity contribution is 9.10. The fourth-order valence-corrected chi connectivity index (χ4v) is 4.47. The molecule has 0 aliphatic heterocycles. The Bertz CT molecular complexity index is 1270. The molecule has 1 N–H and O–H groups in total. The SMILES string of the molecule is CCOC(=O)c1ccc(N(Cc2ccc(Cl)cc2Cl)C(=S)NC(=O)c2ccc(OCC)c(Br)c2)cc1. The largest absolute Gasteiger partial charge is 0.493 e. The van der Waals surface area contributed by atoms with Gasteiger partial charge in [-0.05, 0) is 102 Å². The predicted molar refractivity (Wildman–Crippen MR) is 150 cm³/mol. The van der Waals surface area contributed by atoms with Crippen LogP contribution in [0.4, 0.5) is 5.69 Å². The molecule has 0 atom stereocenters. The van der Waals surface area contributed by atoms with Crippen LogP contribution in [0.5, 0.6) is 5.75 Å². The molecule has 1 amide bonds. The highest BCUT2D eigenvalue weighted by atomic mass is 79.9. The van der Waals surface area contributed by atoms with E-state index in [1.165, 1.54) is 0 Å². The van der Waals surface area contributed by atoms with Crippen LogP contribution in [-0.2, 0) is 11.3 Å². The molecule has 0 aliphatic carbocycles. The number of hydrogen-bond donors (Lipinski definition) is 1. The Hall–Kier alpha value is -2.65. The van der Waals surface area contributed by atoms with Gasteiger partial charge in [-0.25, -0.2) is 4.79 Å². The molecule has 0 aromatic heterocycles.